The van der Waals surface area contributed by atoms with Crippen LogP contribution >= 0.6 is 11.6 Å². The Morgan fingerprint density at radius 2 is 2.08 bits per heavy atom. The van der Waals surface area contributed by atoms with E-state index in [0.29, 0.717) is 11.8 Å². The number of benzene rings is 1. The number of ketones is 1. The first-order valence-electron chi connectivity index (χ1n) is 6.62. The van der Waals surface area contributed by atoms with E-state index in [0.717, 1.165) is 6.07 Å². The van der Waals surface area contributed by atoms with Crippen molar-refractivity contribution in [1.29, 1.82) is 5.26 Å². The van der Waals surface area contributed by atoms with Crippen LogP contribution in [-0.4, -0.2) is 17.4 Å². The molecule has 124 valence electrons. The van der Waals surface area contributed by atoms with Gasteiger partial charge in [0.1, 0.15) is 18.4 Å². The molecule has 1 heterocycles. The Bertz CT molecular complexity index is 829. The lowest BCUT2D eigenvalue weighted by atomic mass is 10.1. The second kappa shape index (κ2) is 6.89. The highest BCUT2D eigenvalue weighted by Gasteiger charge is 2.31. The van der Waals surface area contributed by atoms with Crippen molar-refractivity contribution in [3.05, 3.63) is 46.6 Å². The lowest BCUT2D eigenvalue weighted by molar-refractivity contribution is -0.137. The van der Waals surface area contributed by atoms with Crippen LogP contribution in [0, 0.1) is 11.3 Å². The molecule has 24 heavy (non-hydrogen) atoms. The maximum Gasteiger partial charge on any atom is 0.417 e. The van der Waals surface area contributed by atoms with Gasteiger partial charge in [0, 0.05) is 11.8 Å². The third-order valence-electron chi connectivity index (χ3n) is 2.97. The van der Waals surface area contributed by atoms with Crippen LogP contribution in [0.4, 0.5) is 13.2 Å². The molecular weight excluding hydrogens is 345 g/mol. The van der Waals surface area contributed by atoms with Crippen LogP contribution in [0.15, 0.2) is 30.5 Å². The van der Waals surface area contributed by atoms with Gasteiger partial charge in [0.2, 0.25) is 0 Å². The van der Waals surface area contributed by atoms with Gasteiger partial charge in [-0.2, -0.15) is 18.4 Å². The zero-order chi connectivity index (χ0) is 17.9. The largest absolute Gasteiger partial charge is 0.484 e. The fourth-order valence-corrected chi connectivity index (χ4v) is 2.14. The molecule has 1 aromatic heterocycles. The van der Waals surface area contributed by atoms with Crippen molar-refractivity contribution in [3.8, 4) is 23.1 Å². The maximum absolute atomic E-state index is 12.7. The minimum Gasteiger partial charge on any atom is -0.484 e. The van der Waals surface area contributed by atoms with E-state index in [4.69, 9.17) is 21.6 Å². The summed E-state index contributed by atoms with van der Waals surface area (Å²) in [6, 6.07) is 6.99. The fourth-order valence-electron chi connectivity index (χ4n) is 1.87. The van der Waals surface area contributed by atoms with E-state index in [1.165, 1.54) is 25.1 Å². The van der Waals surface area contributed by atoms with Gasteiger partial charge in [-0.3, -0.25) is 9.78 Å². The summed E-state index contributed by atoms with van der Waals surface area (Å²) in [5, 5.41) is 8.86. The molecule has 1 aromatic carbocycles. The van der Waals surface area contributed by atoms with Gasteiger partial charge in [0.05, 0.1) is 21.8 Å². The number of ether oxygens (including phenoxy) is 1. The number of carbonyl (C=O) groups is 1. The number of alkyl halides is 3. The lowest BCUT2D eigenvalue weighted by Gasteiger charge is -2.11. The topological polar surface area (TPSA) is 63.0 Å². The minimum absolute atomic E-state index is 0.113. The molecule has 0 fully saturated rings. The van der Waals surface area contributed by atoms with Crippen LogP contribution in [-0.2, 0) is 11.0 Å². The summed E-state index contributed by atoms with van der Waals surface area (Å²) >= 11 is 5.90. The number of halogens is 4. The van der Waals surface area contributed by atoms with Crippen LogP contribution < -0.4 is 4.74 Å². The van der Waals surface area contributed by atoms with Crippen molar-refractivity contribution >= 4 is 17.4 Å². The second-order valence-electron chi connectivity index (χ2n) is 4.87. The average Bonchev–Trinajstić information content (AvgIpc) is 2.51. The van der Waals surface area contributed by atoms with E-state index in [-0.39, 0.29) is 34.4 Å². The Morgan fingerprint density at radius 1 is 1.38 bits per heavy atom. The number of aromatic nitrogens is 1. The zero-order valence-electron chi connectivity index (χ0n) is 12.3. The summed E-state index contributed by atoms with van der Waals surface area (Å²) in [5.41, 5.74) is -0.297. The van der Waals surface area contributed by atoms with E-state index in [9.17, 15) is 18.0 Å². The number of pyridine rings is 1. The van der Waals surface area contributed by atoms with Gasteiger partial charge in [0.15, 0.2) is 5.78 Å². The van der Waals surface area contributed by atoms with E-state index >= 15 is 0 Å². The van der Waals surface area contributed by atoms with E-state index in [1.54, 1.807) is 0 Å². The summed E-state index contributed by atoms with van der Waals surface area (Å²) in [4.78, 5) is 14.8. The number of hydrogen-bond acceptors (Lipinski definition) is 4. The Balaban J connectivity index is 2.44. The molecule has 0 aliphatic rings. The van der Waals surface area contributed by atoms with Gasteiger partial charge in [-0.1, -0.05) is 17.7 Å². The molecule has 0 N–H and O–H groups in total. The van der Waals surface area contributed by atoms with Crippen molar-refractivity contribution in [2.75, 3.05) is 6.61 Å². The first-order valence-corrected chi connectivity index (χ1v) is 6.99. The molecule has 2 rings (SSSR count). The van der Waals surface area contributed by atoms with Crippen LogP contribution in [0.3, 0.4) is 0 Å². The SMILES string of the molecule is CC(=O)COc1cc(-c2ncc(C(F)(F)F)cc2Cl)ccc1C#N. The molecule has 0 saturated heterocycles. The van der Waals surface area contributed by atoms with Crippen molar-refractivity contribution in [3.63, 3.8) is 0 Å². The molecule has 0 amide bonds. The van der Waals surface area contributed by atoms with Crippen molar-refractivity contribution in [2.24, 2.45) is 0 Å². The summed E-state index contributed by atoms with van der Waals surface area (Å²) < 4.78 is 43.2. The predicted molar refractivity (Wildman–Crippen MR) is 80.6 cm³/mol. The van der Waals surface area contributed by atoms with E-state index < -0.39 is 11.7 Å². The summed E-state index contributed by atoms with van der Waals surface area (Å²) in [7, 11) is 0. The van der Waals surface area contributed by atoms with Crippen molar-refractivity contribution < 1.29 is 22.7 Å². The van der Waals surface area contributed by atoms with Crippen LogP contribution in [0.25, 0.3) is 11.3 Å². The molecule has 0 radical (unpaired) electrons. The summed E-state index contributed by atoms with van der Waals surface area (Å²) in [6.07, 6.45) is -3.87. The molecule has 0 aliphatic carbocycles. The first kappa shape index (κ1) is 17.8. The minimum atomic E-state index is -4.55. The molecule has 0 atom stereocenters. The molecular formula is C16H10ClF3N2O2. The molecule has 0 aliphatic heterocycles. The summed E-state index contributed by atoms with van der Waals surface area (Å²) in [5.74, 6) is -0.113. The van der Waals surface area contributed by atoms with Gasteiger partial charge < -0.3 is 4.74 Å². The van der Waals surface area contributed by atoms with Crippen LogP contribution in [0.1, 0.15) is 18.1 Å². The molecule has 0 bridgehead atoms. The highest BCUT2D eigenvalue weighted by molar-refractivity contribution is 6.33. The Morgan fingerprint density at radius 3 is 2.62 bits per heavy atom. The van der Waals surface area contributed by atoms with Crippen LogP contribution in [0.5, 0.6) is 5.75 Å². The van der Waals surface area contributed by atoms with Gasteiger partial charge in [0.25, 0.3) is 0 Å². The van der Waals surface area contributed by atoms with Crippen LogP contribution in [0.2, 0.25) is 5.02 Å². The Kier molecular flexibility index (Phi) is 5.10. The highest BCUT2D eigenvalue weighted by Crippen LogP contribution is 2.35. The number of nitrogens with zero attached hydrogens (tertiary/aromatic N) is 2. The van der Waals surface area contributed by atoms with Gasteiger partial charge >= 0.3 is 6.18 Å². The second-order valence-corrected chi connectivity index (χ2v) is 5.27. The fraction of sp³-hybridized carbons (Fsp3) is 0.188. The van der Waals surface area contributed by atoms with Gasteiger partial charge in [-0.05, 0) is 25.1 Å². The van der Waals surface area contributed by atoms with Gasteiger partial charge in [-0.25, -0.2) is 0 Å². The Hall–Kier alpha value is -2.59. The average molecular weight is 355 g/mol. The summed E-state index contributed by atoms with van der Waals surface area (Å²) in [6.45, 7) is 1.09. The Labute approximate surface area is 140 Å². The van der Waals surface area contributed by atoms with E-state index in [2.05, 4.69) is 4.98 Å². The standard InChI is InChI=1S/C16H10ClF3N2O2/c1-9(23)8-24-14-4-10(2-3-11(14)6-21)15-13(17)5-12(7-22-15)16(18,19)20/h2-5,7H,8H2,1H3. The number of Topliss-reactive ketones (excluding diaryl/α,β-unsaturated/α-hetero) is 1. The normalized spacial score (nSPS) is 11.0. The predicted octanol–water partition coefficient (Wildman–Crippen LogP) is 4.26. The number of hydrogen-bond donors (Lipinski definition) is 0. The molecule has 2 aromatic rings. The quantitative estimate of drug-likeness (QED) is 0.823. The third kappa shape index (κ3) is 4.03. The first-order chi connectivity index (χ1) is 11.2. The van der Waals surface area contributed by atoms with Gasteiger partial charge in [-0.15, -0.1) is 0 Å². The zero-order valence-corrected chi connectivity index (χ0v) is 13.1. The third-order valence-corrected chi connectivity index (χ3v) is 3.26. The molecule has 0 unspecified atom stereocenters. The number of nitriles is 1. The monoisotopic (exact) mass is 354 g/mol. The lowest BCUT2D eigenvalue weighted by Crippen LogP contribution is -2.08. The molecule has 4 nitrogen and oxygen atoms in total. The van der Waals surface area contributed by atoms with Crippen molar-refractivity contribution in [1.82, 2.24) is 4.98 Å². The smallest absolute Gasteiger partial charge is 0.417 e. The van der Waals surface area contributed by atoms with E-state index in [1.807, 2.05) is 6.07 Å². The molecule has 0 saturated carbocycles. The number of rotatable bonds is 4. The highest BCUT2D eigenvalue weighted by atomic mass is 35.5. The van der Waals surface area contributed by atoms with Crippen molar-refractivity contribution in [2.45, 2.75) is 13.1 Å². The molecule has 0 spiro atoms. The number of carbonyl (C=O) groups excluding carboxylic acids is 1. The maximum atomic E-state index is 12.7. The molecule has 8 heteroatoms.